The Bertz CT molecular complexity index is 1500. The van der Waals surface area contributed by atoms with Crippen molar-refractivity contribution in [3.8, 4) is 17.1 Å². The minimum absolute atomic E-state index is 0.171. The lowest BCUT2D eigenvalue weighted by molar-refractivity contribution is 0.0990. The number of rotatable bonds is 6. The van der Waals surface area contributed by atoms with Crippen LogP contribution >= 0.6 is 15.9 Å². The van der Waals surface area contributed by atoms with Crippen molar-refractivity contribution in [3.63, 3.8) is 0 Å². The number of anilines is 2. The van der Waals surface area contributed by atoms with E-state index in [1.807, 2.05) is 42.5 Å². The van der Waals surface area contributed by atoms with Crippen molar-refractivity contribution < 1.29 is 23.2 Å². The fraction of sp³-hybridized carbons (Fsp3) is 0.0370. The van der Waals surface area contributed by atoms with Gasteiger partial charge in [0.1, 0.15) is 17.1 Å². The number of hydrogen-bond acceptors (Lipinski definition) is 5. The number of para-hydroxylation sites is 1. The zero-order chi connectivity index (χ0) is 24.4. The molecule has 0 aliphatic heterocycles. The van der Waals surface area contributed by atoms with Crippen LogP contribution in [0.1, 0.15) is 21.1 Å². The van der Waals surface area contributed by atoms with E-state index in [1.54, 1.807) is 42.5 Å². The van der Waals surface area contributed by atoms with E-state index < -0.39 is 11.8 Å². The molecule has 0 aliphatic rings. The van der Waals surface area contributed by atoms with Crippen LogP contribution in [0.3, 0.4) is 0 Å². The molecule has 2 N–H and O–H groups in total. The zero-order valence-electron chi connectivity index (χ0n) is 18.5. The standard InChI is InChI=1S/C27H19BrN2O5/c1-33-24-15-19(29-26(31)23-13-12-22(34-23)16-6-8-18(28)9-7-16)10-11-20(24)30-27(32)25-14-17-4-2-3-5-21(17)35-25/h2-15H,1H3,(H,29,31)(H,30,32). The van der Waals surface area contributed by atoms with Gasteiger partial charge in [0.15, 0.2) is 11.5 Å². The monoisotopic (exact) mass is 530 g/mol. The van der Waals surface area contributed by atoms with Crippen LogP contribution in [0.25, 0.3) is 22.3 Å². The summed E-state index contributed by atoms with van der Waals surface area (Å²) in [5.74, 6) is 0.502. The number of hydrogen-bond donors (Lipinski definition) is 2. The van der Waals surface area contributed by atoms with Crippen LogP contribution in [0.4, 0.5) is 11.4 Å². The first-order valence-corrected chi connectivity index (χ1v) is 11.4. The largest absolute Gasteiger partial charge is 0.494 e. The number of amides is 2. The van der Waals surface area contributed by atoms with Gasteiger partial charge in [-0.1, -0.05) is 46.3 Å². The van der Waals surface area contributed by atoms with E-state index in [9.17, 15) is 9.59 Å². The molecule has 5 rings (SSSR count). The summed E-state index contributed by atoms with van der Waals surface area (Å²) in [6, 6.07) is 24.9. The Morgan fingerprint density at radius 2 is 1.57 bits per heavy atom. The summed E-state index contributed by atoms with van der Waals surface area (Å²) in [6.07, 6.45) is 0. The van der Waals surface area contributed by atoms with Gasteiger partial charge in [-0.3, -0.25) is 9.59 Å². The summed E-state index contributed by atoms with van der Waals surface area (Å²) in [5, 5.41) is 6.41. The molecule has 0 radical (unpaired) electrons. The van der Waals surface area contributed by atoms with Gasteiger partial charge in [-0.2, -0.15) is 0 Å². The quantitative estimate of drug-likeness (QED) is 0.247. The Kier molecular flexibility index (Phi) is 6.12. The second kappa shape index (κ2) is 9.52. The van der Waals surface area contributed by atoms with Gasteiger partial charge in [-0.15, -0.1) is 0 Å². The first kappa shape index (κ1) is 22.5. The average Bonchev–Trinajstić information content (AvgIpc) is 3.53. The Balaban J connectivity index is 1.29. The molecule has 0 aliphatic carbocycles. The zero-order valence-corrected chi connectivity index (χ0v) is 20.1. The number of furan rings is 2. The molecule has 0 saturated carbocycles. The minimum atomic E-state index is -0.410. The highest BCUT2D eigenvalue weighted by Gasteiger charge is 2.17. The molecule has 0 spiro atoms. The molecule has 2 amide bonds. The fourth-order valence-corrected chi connectivity index (χ4v) is 3.84. The second-order valence-electron chi connectivity index (χ2n) is 7.64. The van der Waals surface area contributed by atoms with E-state index >= 15 is 0 Å². The van der Waals surface area contributed by atoms with Crippen LogP contribution in [-0.4, -0.2) is 18.9 Å². The predicted molar refractivity (Wildman–Crippen MR) is 137 cm³/mol. The molecule has 5 aromatic rings. The van der Waals surface area contributed by atoms with E-state index in [2.05, 4.69) is 26.6 Å². The number of nitrogens with one attached hydrogen (secondary N) is 2. The van der Waals surface area contributed by atoms with Crippen LogP contribution in [0.2, 0.25) is 0 Å². The third-order valence-electron chi connectivity index (χ3n) is 5.32. The van der Waals surface area contributed by atoms with Gasteiger partial charge in [0.25, 0.3) is 11.8 Å². The summed E-state index contributed by atoms with van der Waals surface area (Å²) in [4.78, 5) is 25.4. The molecule has 0 unspecified atom stereocenters. The molecule has 35 heavy (non-hydrogen) atoms. The van der Waals surface area contributed by atoms with E-state index in [4.69, 9.17) is 13.6 Å². The molecule has 174 valence electrons. The van der Waals surface area contributed by atoms with E-state index in [1.165, 1.54) is 7.11 Å². The van der Waals surface area contributed by atoms with Crippen molar-refractivity contribution >= 4 is 50.1 Å². The number of fused-ring (bicyclic) bond motifs is 1. The third-order valence-corrected chi connectivity index (χ3v) is 5.84. The molecule has 0 bridgehead atoms. The fourth-order valence-electron chi connectivity index (χ4n) is 3.57. The normalized spacial score (nSPS) is 10.8. The minimum Gasteiger partial charge on any atom is -0.494 e. The smallest absolute Gasteiger partial charge is 0.291 e. The van der Waals surface area contributed by atoms with Crippen LogP contribution < -0.4 is 15.4 Å². The van der Waals surface area contributed by atoms with Crippen molar-refractivity contribution in [1.29, 1.82) is 0 Å². The lowest BCUT2D eigenvalue weighted by Crippen LogP contribution is -2.13. The molecular weight excluding hydrogens is 512 g/mol. The topological polar surface area (TPSA) is 93.7 Å². The maximum atomic E-state index is 12.7. The SMILES string of the molecule is COc1cc(NC(=O)c2ccc(-c3ccc(Br)cc3)o2)ccc1NC(=O)c1cc2ccccc2o1. The van der Waals surface area contributed by atoms with Crippen molar-refractivity contribution in [2.45, 2.75) is 0 Å². The number of methoxy groups -OCH3 is 1. The lowest BCUT2D eigenvalue weighted by atomic mass is 10.2. The Morgan fingerprint density at radius 3 is 2.34 bits per heavy atom. The third kappa shape index (κ3) is 4.83. The van der Waals surface area contributed by atoms with E-state index in [-0.39, 0.29) is 11.5 Å². The molecule has 7 nitrogen and oxygen atoms in total. The van der Waals surface area contributed by atoms with Gasteiger partial charge in [0.2, 0.25) is 0 Å². The molecule has 0 fully saturated rings. The molecule has 0 saturated heterocycles. The van der Waals surface area contributed by atoms with Gasteiger partial charge in [0, 0.05) is 27.2 Å². The Morgan fingerprint density at radius 1 is 0.800 bits per heavy atom. The summed E-state index contributed by atoms with van der Waals surface area (Å²) in [7, 11) is 1.48. The summed E-state index contributed by atoms with van der Waals surface area (Å²) in [6.45, 7) is 0. The van der Waals surface area contributed by atoms with E-state index in [0.29, 0.717) is 28.5 Å². The van der Waals surface area contributed by atoms with E-state index in [0.717, 1.165) is 15.4 Å². The molecule has 3 aromatic carbocycles. The summed E-state index contributed by atoms with van der Waals surface area (Å²) in [5.41, 5.74) is 2.41. The highest BCUT2D eigenvalue weighted by molar-refractivity contribution is 9.10. The van der Waals surface area contributed by atoms with Gasteiger partial charge in [-0.05, 0) is 48.5 Å². The molecular formula is C27H19BrN2O5. The van der Waals surface area contributed by atoms with Crippen LogP contribution in [0.15, 0.2) is 98.2 Å². The van der Waals surface area contributed by atoms with Crippen molar-refractivity contribution in [1.82, 2.24) is 0 Å². The van der Waals surface area contributed by atoms with Crippen molar-refractivity contribution in [2.75, 3.05) is 17.7 Å². The highest BCUT2D eigenvalue weighted by Crippen LogP contribution is 2.30. The molecule has 8 heteroatoms. The van der Waals surface area contributed by atoms with Crippen LogP contribution in [0.5, 0.6) is 5.75 Å². The maximum Gasteiger partial charge on any atom is 0.291 e. The van der Waals surface area contributed by atoms with Crippen LogP contribution in [-0.2, 0) is 0 Å². The summed E-state index contributed by atoms with van der Waals surface area (Å²) < 4.78 is 17.7. The highest BCUT2D eigenvalue weighted by atomic mass is 79.9. The maximum absolute atomic E-state index is 12.7. The molecule has 2 aromatic heterocycles. The Hall–Kier alpha value is -4.30. The number of carbonyl (C=O) groups is 2. The number of halogens is 1. The van der Waals surface area contributed by atoms with Gasteiger partial charge >= 0.3 is 0 Å². The summed E-state index contributed by atoms with van der Waals surface area (Å²) >= 11 is 3.40. The van der Waals surface area contributed by atoms with Gasteiger partial charge < -0.3 is 24.2 Å². The van der Waals surface area contributed by atoms with Crippen LogP contribution in [0, 0.1) is 0 Å². The number of ether oxygens (including phenoxy) is 1. The second-order valence-corrected chi connectivity index (χ2v) is 8.56. The number of carbonyl (C=O) groups excluding carboxylic acids is 2. The van der Waals surface area contributed by atoms with Crippen molar-refractivity contribution in [3.05, 3.63) is 101 Å². The Labute approximate surface area is 208 Å². The van der Waals surface area contributed by atoms with Crippen molar-refractivity contribution in [2.24, 2.45) is 0 Å². The molecule has 0 atom stereocenters. The van der Waals surface area contributed by atoms with Gasteiger partial charge in [0.05, 0.1) is 12.8 Å². The van der Waals surface area contributed by atoms with Gasteiger partial charge in [-0.25, -0.2) is 0 Å². The molecule has 2 heterocycles. The lowest BCUT2D eigenvalue weighted by Gasteiger charge is -2.11. The predicted octanol–water partition coefficient (Wildman–Crippen LogP) is 6.97. The first-order chi connectivity index (χ1) is 17.0. The number of benzene rings is 3. The average molecular weight is 531 g/mol. The first-order valence-electron chi connectivity index (χ1n) is 10.7.